The lowest BCUT2D eigenvalue weighted by atomic mass is 9.93. The highest BCUT2D eigenvalue weighted by atomic mass is 31.2. The van der Waals surface area contributed by atoms with Gasteiger partial charge in [-0.2, -0.15) is 5.26 Å². The van der Waals surface area contributed by atoms with Gasteiger partial charge in [0.15, 0.2) is 0 Å². The third-order valence-corrected chi connectivity index (χ3v) is 10.1. The molecule has 0 saturated carbocycles. The first kappa shape index (κ1) is 37.1. The summed E-state index contributed by atoms with van der Waals surface area (Å²) in [7, 11) is -1.46. The third-order valence-electron chi connectivity index (χ3n) is 8.00. The molecule has 8 nitrogen and oxygen atoms in total. The number of rotatable bonds is 19. The maximum absolute atomic E-state index is 9.18. The fourth-order valence-corrected chi connectivity index (χ4v) is 7.41. The van der Waals surface area contributed by atoms with Gasteiger partial charge in [0.1, 0.15) is 24.4 Å². The molecule has 1 saturated heterocycles. The summed E-state index contributed by atoms with van der Waals surface area (Å²) >= 11 is 0. The first-order valence-corrected chi connectivity index (χ1v) is 17.9. The maximum Gasteiger partial charge on any atom is 0.259 e. The molecule has 47 heavy (non-hydrogen) atoms. The predicted molar refractivity (Wildman–Crippen MR) is 185 cm³/mol. The molecule has 254 valence electrons. The van der Waals surface area contributed by atoms with Gasteiger partial charge in [0, 0.05) is 12.1 Å². The molecule has 3 aromatic carbocycles. The van der Waals surface area contributed by atoms with Crippen LogP contribution in [0.4, 0.5) is 0 Å². The van der Waals surface area contributed by atoms with Gasteiger partial charge in [-0.05, 0) is 50.8 Å². The smallest absolute Gasteiger partial charge is 0.259 e. The summed E-state index contributed by atoms with van der Waals surface area (Å²) in [4.78, 5) is 0. The van der Waals surface area contributed by atoms with Crippen molar-refractivity contribution in [3.8, 4) is 6.07 Å². The molecule has 0 bridgehead atoms. The molecule has 0 radical (unpaired) electrons. The van der Waals surface area contributed by atoms with Crippen molar-refractivity contribution in [1.29, 1.82) is 5.26 Å². The lowest BCUT2D eigenvalue weighted by Gasteiger charge is -2.46. The molecule has 1 fully saturated rings. The largest absolute Gasteiger partial charge is 0.368 e. The Balaban J connectivity index is 1.64. The number of benzene rings is 3. The van der Waals surface area contributed by atoms with E-state index in [2.05, 4.69) is 81.8 Å². The van der Waals surface area contributed by atoms with E-state index in [4.69, 9.17) is 28.0 Å². The van der Waals surface area contributed by atoms with E-state index in [1.165, 1.54) is 0 Å². The van der Waals surface area contributed by atoms with Crippen LogP contribution in [0, 0.1) is 11.3 Å². The molecule has 0 aromatic heterocycles. The van der Waals surface area contributed by atoms with Crippen LogP contribution in [0.3, 0.4) is 0 Å². The predicted octanol–water partition coefficient (Wildman–Crippen LogP) is 8.21. The van der Waals surface area contributed by atoms with Gasteiger partial charge in [-0.25, -0.2) is 4.67 Å². The van der Waals surface area contributed by atoms with Crippen molar-refractivity contribution in [3.63, 3.8) is 0 Å². The van der Waals surface area contributed by atoms with Gasteiger partial charge in [-0.3, -0.25) is 0 Å². The van der Waals surface area contributed by atoms with Crippen LogP contribution in [-0.4, -0.2) is 60.5 Å². The quantitative estimate of drug-likeness (QED) is 0.0939. The average molecular weight is 663 g/mol. The van der Waals surface area contributed by atoms with Crippen molar-refractivity contribution in [2.45, 2.75) is 110 Å². The molecular formula is C38H51N2O6P. The monoisotopic (exact) mass is 662 g/mol. The summed E-state index contributed by atoms with van der Waals surface area (Å²) in [5.41, 5.74) is 3.21. The highest BCUT2D eigenvalue weighted by Gasteiger charge is 2.48. The van der Waals surface area contributed by atoms with E-state index in [0.717, 1.165) is 23.1 Å². The molecule has 1 heterocycles. The Morgan fingerprint density at radius 1 is 0.681 bits per heavy atom. The molecule has 0 spiro atoms. The summed E-state index contributed by atoms with van der Waals surface area (Å²) in [6, 6.07) is 33.0. The fraction of sp³-hybridized carbons (Fsp3) is 0.500. The second kappa shape index (κ2) is 20.0. The van der Waals surface area contributed by atoms with Crippen LogP contribution in [-0.2, 0) is 47.8 Å². The van der Waals surface area contributed by atoms with Crippen molar-refractivity contribution in [3.05, 3.63) is 108 Å². The molecular weight excluding hydrogens is 611 g/mol. The molecule has 9 heteroatoms. The Morgan fingerprint density at radius 2 is 1.13 bits per heavy atom. The SMILES string of the molecule is CCC1OC(COP(OCCC#N)N(C(C)C)C(C)C)C(OCc2ccccc2)C(OCc2ccccc2)C1OCc1ccccc1. The van der Waals surface area contributed by atoms with E-state index >= 15 is 0 Å². The average Bonchev–Trinajstić information content (AvgIpc) is 3.09. The van der Waals surface area contributed by atoms with Crippen LogP contribution in [0.15, 0.2) is 91.0 Å². The van der Waals surface area contributed by atoms with E-state index in [1.54, 1.807) is 0 Å². The molecule has 6 atom stereocenters. The van der Waals surface area contributed by atoms with Crippen molar-refractivity contribution in [2.75, 3.05) is 13.2 Å². The normalized spacial score (nSPS) is 22.1. The minimum Gasteiger partial charge on any atom is -0.368 e. The Labute approximate surface area is 282 Å². The topological polar surface area (TPSA) is 82.4 Å². The van der Waals surface area contributed by atoms with Crippen molar-refractivity contribution in [2.24, 2.45) is 0 Å². The molecule has 1 aliphatic heterocycles. The maximum atomic E-state index is 9.18. The first-order chi connectivity index (χ1) is 22.9. The molecule has 4 rings (SSSR count). The van der Waals surface area contributed by atoms with Crippen LogP contribution >= 0.6 is 8.53 Å². The van der Waals surface area contributed by atoms with Crippen LogP contribution in [0.2, 0.25) is 0 Å². The zero-order valence-electron chi connectivity index (χ0n) is 28.4. The van der Waals surface area contributed by atoms with Gasteiger partial charge in [0.05, 0.1) is 51.6 Å². The minimum atomic E-state index is -1.46. The zero-order chi connectivity index (χ0) is 33.4. The van der Waals surface area contributed by atoms with Crippen molar-refractivity contribution in [1.82, 2.24) is 4.67 Å². The van der Waals surface area contributed by atoms with Gasteiger partial charge >= 0.3 is 0 Å². The Bertz CT molecular complexity index is 1300. The van der Waals surface area contributed by atoms with E-state index in [1.807, 2.05) is 54.6 Å². The third kappa shape index (κ3) is 11.5. The van der Waals surface area contributed by atoms with Crippen LogP contribution in [0.25, 0.3) is 0 Å². The molecule has 0 amide bonds. The Kier molecular flexibility index (Phi) is 15.8. The lowest BCUT2D eigenvalue weighted by molar-refractivity contribution is -0.269. The highest BCUT2D eigenvalue weighted by molar-refractivity contribution is 7.44. The molecule has 3 aromatic rings. The Hall–Kier alpha value is -2.70. The van der Waals surface area contributed by atoms with E-state index in [9.17, 15) is 5.26 Å². The van der Waals surface area contributed by atoms with Gasteiger partial charge in [-0.15, -0.1) is 0 Å². The minimum absolute atomic E-state index is 0.182. The van der Waals surface area contributed by atoms with E-state index in [-0.39, 0.29) is 30.9 Å². The van der Waals surface area contributed by atoms with E-state index < -0.39 is 26.8 Å². The van der Waals surface area contributed by atoms with Gasteiger partial charge < -0.3 is 28.0 Å². The standard InChI is InChI=1S/C38H51N2O6P/c1-6-34-36(41-25-31-17-10-7-11-18-31)38(43-27-33-21-14-9-15-22-33)37(42-26-32-19-12-8-13-20-32)35(46-34)28-45-47(44-24-16-23-39)40(29(2)3)30(4)5/h7-15,17-22,29-30,34-38H,6,16,24-28H2,1-5H3. The first-order valence-electron chi connectivity index (χ1n) is 16.7. The second-order valence-electron chi connectivity index (χ2n) is 12.2. The van der Waals surface area contributed by atoms with Gasteiger partial charge in [-0.1, -0.05) is 97.9 Å². The molecule has 1 aliphatic rings. The summed E-state index contributed by atoms with van der Waals surface area (Å²) in [5, 5.41) is 9.18. The van der Waals surface area contributed by atoms with E-state index in [0.29, 0.717) is 32.8 Å². The van der Waals surface area contributed by atoms with Crippen molar-refractivity contribution < 1.29 is 28.0 Å². The zero-order valence-corrected chi connectivity index (χ0v) is 29.3. The summed E-state index contributed by atoms with van der Waals surface area (Å²) in [5.74, 6) is 0. The molecule has 6 unspecified atom stereocenters. The van der Waals surface area contributed by atoms with Gasteiger partial charge in [0.2, 0.25) is 0 Å². The van der Waals surface area contributed by atoms with Crippen LogP contribution in [0.5, 0.6) is 0 Å². The second-order valence-corrected chi connectivity index (χ2v) is 13.7. The summed E-state index contributed by atoms with van der Waals surface area (Å²) in [6.07, 6.45) is -0.991. The number of ether oxygens (including phenoxy) is 4. The van der Waals surface area contributed by atoms with Crippen LogP contribution < -0.4 is 0 Å². The Morgan fingerprint density at radius 3 is 1.55 bits per heavy atom. The van der Waals surface area contributed by atoms with Crippen LogP contribution in [0.1, 0.15) is 64.2 Å². The number of hydrogen-bond acceptors (Lipinski definition) is 8. The van der Waals surface area contributed by atoms with Crippen molar-refractivity contribution >= 4 is 8.53 Å². The molecule has 0 N–H and O–H groups in total. The number of nitriles is 1. The lowest BCUT2D eigenvalue weighted by Crippen LogP contribution is -2.61. The summed E-state index contributed by atoms with van der Waals surface area (Å²) < 4.78 is 42.1. The van der Waals surface area contributed by atoms with Gasteiger partial charge in [0.25, 0.3) is 8.53 Å². The fourth-order valence-electron chi connectivity index (χ4n) is 5.80. The highest BCUT2D eigenvalue weighted by Crippen LogP contribution is 2.47. The number of hydrogen-bond donors (Lipinski definition) is 0. The number of nitrogens with zero attached hydrogens (tertiary/aromatic N) is 2. The molecule has 0 aliphatic carbocycles. The summed E-state index contributed by atoms with van der Waals surface area (Å²) in [6.45, 7) is 12.4.